The van der Waals surface area contributed by atoms with Crippen LogP contribution in [-0.4, -0.2) is 41.2 Å². The highest BCUT2D eigenvalue weighted by Crippen LogP contribution is 2.26. The van der Waals surface area contributed by atoms with E-state index in [1.54, 1.807) is 4.90 Å². The highest BCUT2D eigenvalue weighted by atomic mass is 16.5. The van der Waals surface area contributed by atoms with Crippen molar-refractivity contribution in [2.24, 2.45) is 0 Å². The van der Waals surface area contributed by atoms with Crippen LogP contribution in [0.4, 0.5) is 0 Å². The van der Waals surface area contributed by atoms with E-state index in [2.05, 4.69) is 0 Å². The van der Waals surface area contributed by atoms with Gasteiger partial charge in [0.1, 0.15) is 5.75 Å². The third kappa shape index (κ3) is 3.73. The van der Waals surface area contributed by atoms with Crippen molar-refractivity contribution in [3.8, 4) is 5.75 Å². The lowest BCUT2D eigenvalue weighted by atomic mass is 9.89. The van der Waals surface area contributed by atoms with E-state index >= 15 is 0 Å². The summed E-state index contributed by atoms with van der Waals surface area (Å²) in [4.78, 5) is 13.6. The van der Waals surface area contributed by atoms with Gasteiger partial charge in [-0.15, -0.1) is 0 Å². The first-order valence-electron chi connectivity index (χ1n) is 7.22. The highest BCUT2D eigenvalue weighted by Gasteiger charge is 2.42. The van der Waals surface area contributed by atoms with Crippen molar-refractivity contribution in [2.75, 3.05) is 19.7 Å². The molecule has 0 bridgehead atoms. The number of carbonyl (C=O) groups excluding carboxylic acids is 1. The molecule has 1 N–H and O–H groups in total. The summed E-state index contributed by atoms with van der Waals surface area (Å²) in [5.74, 6) is 0.840. The molecule has 0 aliphatic carbocycles. The van der Waals surface area contributed by atoms with Crippen LogP contribution >= 0.6 is 0 Å². The van der Waals surface area contributed by atoms with Gasteiger partial charge in [-0.25, -0.2) is 0 Å². The molecule has 2 rings (SSSR count). The molecule has 1 aliphatic heterocycles. The SMILES string of the molecule is CCCC1(O)CN(C(=O)CCOc2ccc(C)cc2)C1. The van der Waals surface area contributed by atoms with E-state index in [1.165, 1.54) is 5.56 Å². The zero-order chi connectivity index (χ0) is 14.6. The van der Waals surface area contributed by atoms with Crippen molar-refractivity contribution in [1.29, 1.82) is 0 Å². The van der Waals surface area contributed by atoms with Crippen LogP contribution in [0.2, 0.25) is 0 Å². The maximum Gasteiger partial charge on any atom is 0.226 e. The van der Waals surface area contributed by atoms with Gasteiger partial charge in [-0.1, -0.05) is 31.0 Å². The van der Waals surface area contributed by atoms with Gasteiger partial charge in [0.15, 0.2) is 0 Å². The number of nitrogens with zero attached hydrogens (tertiary/aromatic N) is 1. The Bertz CT molecular complexity index is 449. The minimum atomic E-state index is -0.651. The molecule has 1 aromatic rings. The first-order chi connectivity index (χ1) is 9.52. The fourth-order valence-corrected chi connectivity index (χ4v) is 2.51. The van der Waals surface area contributed by atoms with Crippen LogP contribution in [0.1, 0.15) is 31.7 Å². The molecule has 0 spiro atoms. The summed E-state index contributed by atoms with van der Waals surface area (Å²) in [6.07, 6.45) is 2.06. The smallest absolute Gasteiger partial charge is 0.226 e. The van der Waals surface area contributed by atoms with E-state index in [-0.39, 0.29) is 5.91 Å². The number of benzene rings is 1. The highest BCUT2D eigenvalue weighted by molar-refractivity contribution is 5.77. The Kier molecular flexibility index (Phi) is 4.65. The normalized spacial score (nSPS) is 16.6. The van der Waals surface area contributed by atoms with Gasteiger partial charge in [0.2, 0.25) is 5.91 Å². The van der Waals surface area contributed by atoms with E-state index < -0.39 is 5.60 Å². The van der Waals surface area contributed by atoms with Gasteiger partial charge >= 0.3 is 0 Å². The van der Waals surface area contributed by atoms with Crippen LogP contribution in [0.3, 0.4) is 0 Å². The minimum absolute atomic E-state index is 0.0536. The van der Waals surface area contributed by atoms with Crippen molar-refractivity contribution in [1.82, 2.24) is 4.90 Å². The topological polar surface area (TPSA) is 49.8 Å². The fraction of sp³-hybridized carbons (Fsp3) is 0.562. The molecule has 20 heavy (non-hydrogen) atoms. The maximum atomic E-state index is 11.9. The van der Waals surface area contributed by atoms with Gasteiger partial charge in [0.05, 0.1) is 31.7 Å². The molecule has 0 atom stereocenters. The Hall–Kier alpha value is -1.55. The molecule has 0 saturated carbocycles. The second kappa shape index (κ2) is 6.27. The second-order valence-electron chi connectivity index (χ2n) is 5.64. The molecule has 4 heteroatoms. The number of rotatable bonds is 6. The number of hydrogen-bond acceptors (Lipinski definition) is 3. The van der Waals surface area contributed by atoms with E-state index in [9.17, 15) is 9.90 Å². The van der Waals surface area contributed by atoms with E-state index in [0.717, 1.165) is 18.6 Å². The lowest BCUT2D eigenvalue weighted by Gasteiger charge is -2.46. The van der Waals surface area contributed by atoms with Gasteiger partial charge in [0, 0.05) is 0 Å². The molecule has 4 nitrogen and oxygen atoms in total. The monoisotopic (exact) mass is 277 g/mol. The summed E-state index contributed by atoms with van der Waals surface area (Å²) in [6, 6.07) is 7.78. The molecule has 0 radical (unpaired) electrons. The summed E-state index contributed by atoms with van der Waals surface area (Å²) in [5.41, 5.74) is 0.534. The molecule has 1 fully saturated rings. The Labute approximate surface area is 120 Å². The Morgan fingerprint density at radius 1 is 1.35 bits per heavy atom. The Morgan fingerprint density at radius 2 is 2.00 bits per heavy atom. The summed E-state index contributed by atoms with van der Waals surface area (Å²) in [7, 11) is 0. The summed E-state index contributed by atoms with van der Waals surface area (Å²) >= 11 is 0. The molecule has 0 unspecified atom stereocenters. The quantitative estimate of drug-likeness (QED) is 0.866. The number of aryl methyl sites for hydroxylation is 1. The zero-order valence-electron chi connectivity index (χ0n) is 12.3. The van der Waals surface area contributed by atoms with Crippen molar-refractivity contribution in [3.63, 3.8) is 0 Å². The molecule has 1 aliphatic rings. The first kappa shape index (κ1) is 14.9. The van der Waals surface area contributed by atoms with E-state index in [1.807, 2.05) is 38.1 Å². The number of β-amino-alcohol motifs (C(OH)–C–C–N with tert-alkyl or cyclic N) is 1. The lowest BCUT2D eigenvalue weighted by molar-refractivity contribution is -0.157. The van der Waals surface area contributed by atoms with Crippen molar-refractivity contribution in [2.45, 2.75) is 38.7 Å². The van der Waals surface area contributed by atoms with Gasteiger partial charge in [0.25, 0.3) is 0 Å². The zero-order valence-corrected chi connectivity index (χ0v) is 12.3. The average Bonchev–Trinajstić information content (AvgIpc) is 2.38. The van der Waals surface area contributed by atoms with E-state index in [0.29, 0.717) is 26.1 Å². The number of hydrogen-bond donors (Lipinski definition) is 1. The van der Waals surface area contributed by atoms with Crippen LogP contribution < -0.4 is 4.74 Å². The summed E-state index contributed by atoms with van der Waals surface area (Å²) in [6.45, 7) is 5.37. The average molecular weight is 277 g/mol. The predicted molar refractivity (Wildman–Crippen MR) is 77.7 cm³/mol. The molecule has 1 aromatic carbocycles. The minimum Gasteiger partial charge on any atom is -0.493 e. The van der Waals surface area contributed by atoms with Crippen molar-refractivity contribution >= 4 is 5.91 Å². The molecule has 1 heterocycles. The molecule has 1 amide bonds. The largest absolute Gasteiger partial charge is 0.493 e. The van der Waals surface area contributed by atoms with Crippen LogP contribution in [-0.2, 0) is 4.79 Å². The Morgan fingerprint density at radius 3 is 2.60 bits per heavy atom. The van der Waals surface area contributed by atoms with Crippen molar-refractivity contribution < 1.29 is 14.6 Å². The van der Waals surface area contributed by atoms with Crippen LogP contribution in [0.15, 0.2) is 24.3 Å². The number of amides is 1. The van der Waals surface area contributed by atoms with Crippen LogP contribution in [0, 0.1) is 6.92 Å². The summed E-state index contributed by atoms with van der Waals surface area (Å²) < 4.78 is 5.54. The predicted octanol–water partition coefficient (Wildman–Crippen LogP) is 2.14. The number of likely N-dealkylation sites (tertiary alicyclic amines) is 1. The Balaban J connectivity index is 1.68. The van der Waals surface area contributed by atoms with Crippen LogP contribution in [0.25, 0.3) is 0 Å². The van der Waals surface area contributed by atoms with E-state index in [4.69, 9.17) is 4.74 Å². The molecule has 1 saturated heterocycles. The number of ether oxygens (including phenoxy) is 1. The molecular weight excluding hydrogens is 254 g/mol. The number of aliphatic hydroxyl groups is 1. The first-order valence-corrected chi connectivity index (χ1v) is 7.22. The second-order valence-corrected chi connectivity index (χ2v) is 5.64. The van der Waals surface area contributed by atoms with Crippen LogP contribution in [0.5, 0.6) is 5.75 Å². The molecule has 0 aromatic heterocycles. The number of carbonyl (C=O) groups is 1. The maximum absolute atomic E-state index is 11.9. The fourth-order valence-electron chi connectivity index (χ4n) is 2.51. The third-order valence-corrected chi connectivity index (χ3v) is 3.64. The van der Waals surface area contributed by atoms with Gasteiger partial charge in [-0.05, 0) is 25.5 Å². The van der Waals surface area contributed by atoms with Gasteiger partial charge in [-0.2, -0.15) is 0 Å². The lowest BCUT2D eigenvalue weighted by Crippen LogP contribution is -2.63. The molecule has 110 valence electrons. The van der Waals surface area contributed by atoms with Gasteiger partial charge < -0.3 is 14.7 Å². The van der Waals surface area contributed by atoms with Crippen molar-refractivity contribution in [3.05, 3.63) is 29.8 Å². The molecular formula is C16H23NO3. The standard InChI is InChI=1S/C16H23NO3/c1-3-9-16(19)11-17(12-16)15(18)8-10-20-14-6-4-13(2)5-7-14/h4-7,19H,3,8-12H2,1-2H3. The summed E-state index contributed by atoms with van der Waals surface area (Å²) in [5, 5.41) is 10.0. The third-order valence-electron chi connectivity index (χ3n) is 3.64. The van der Waals surface area contributed by atoms with Gasteiger partial charge in [-0.3, -0.25) is 4.79 Å².